The summed E-state index contributed by atoms with van der Waals surface area (Å²) in [6, 6.07) is 24.2. The number of hydrogen-bond donors (Lipinski definition) is 2. The zero-order valence-electron chi connectivity index (χ0n) is 11.9. The molecule has 3 aromatic rings. The molecular formula is C18H18Br2N2. The summed E-state index contributed by atoms with van der Waals surface area (Å²) in [5.41, 5.74) is 17.8. The van der Waals surface area contributed by atoms with Crippen LogP contribution in [0.15, 0.2) is 72.8 Å². The molecule has 0 heterocycles. The lowest BCUT2D eigenvalue weighted by atomic mass is 10.00. The Morgan fingerprint density at radius 3 is 1.14 bits per heavy atom. The highest BCUT2D eigenvalue weighted by Crippen LogP contribution is 2.26. The molecule has 0 aromatic heterocycles. The largest absolute Gasteiger partial charge is 0.399 e. The van der Waals surface area contributed by atoms with Crippen molar-refractivity contribution in [3.63, 3.8) is 0 Å². The van der Waals surface area contributed by atoms with E-state index in [4.69, 9.17) is 11.5 Å². The molecule has 0 saturated heterocycles. The monoisotopic (exact) mass is 420 g/mol. The van der Waals surface area contributed by atoms with Crippen molar-refractivity contribution in [1.82, 2.24) is 0 Å². The third-order valence-corrected chi connectivity index (χ3v) is 3.32. The molecule has 0 unspecified atom stereocenters. The third-order valence-electron chi connectivity index (χ3n) is 3.32. The summed E-state index contributed by atoms with van der Waals surface area (Å²) < 4.78 is 0. The van der Waals surface area contributed by atoms with Gasteiger partial charge in [0.1, 0.15) is 0 Å². The first-order chi connectivity index (χ1) is 9.72. The molecule has 3 rings (SSSR count). The molecule has 0 saturated carbocycles. The lowest BCUT2D eigenvalue weighted by Crippen LogP contribution is -1.86. The number of halogens is 2. The summed E-state index contributed by atoms with van der Waals surface area (Å²) >= 11 is 0. The summed E-state index contributed by atoms with van der Waals surface area (Å²) in [6.07, 6.45) is 0. The van der Waals surface area contributed by atoms with E-state index < -0.39 is 0 Å². The highest BCUT2D eigenvalue weighted by molar-refractivity contribution is 8.93. The van der Waals surface area contributed by atoms with Crippen LogP contribution in [0.2, 0.25) is 0 Å². The fourth-order valence-corrected chi connectivity index (χ4v) is 2.29. The van der Waals surface area contributed by atoms with Gasteiger partial charge in [0.05, 0.1) is 0 Å². The van der Waals surface area contributed by atoms with Crippen molar-refractivity contribution in [3.05, 3.63) is 72.8 Å². The van der Waals surface area contributed by atoms with Crippen molar-refractivity contribution in [1.29, 1.82) is 0 Å². The van der Waals surface area contributed by atoms with Crippen LogP contribution < -0.4 is 11.5 Å². The van der Waals surface area contributed by atoms with Crippen LogP contribution in [0.3, 0.4) is 0 Å². The summed E-state index contributed by atoms with van der Waals surface area (Å²) in [5, 5.41) is 0. The Kier molecular flexibility index (Phi) is 6.65. The molecule has 0 radical (unpaired) electrons. The van der Waals surface area contributed by atoms with E-state index in [2.05, 4.69) is 36.4 Å². The maximum absolute atomic E-state index is 5.82. The van der Waals surface area contributed by atoms with Crippen molar-refractivity contribution in [2.75, 3.05) is 11.5 Å². The zero-order valence-corrected chi connectivity index (χ0v) is 15.3. The normalized spacial score (nSPS) is 9.45. The third kappa shape index (κ3) is 4.12. The average molecular weight is 422 g/mol. The van der Waals surface area contributed by atoms with E-state index in [-0.39, 0.29) is 34.0 Å². The lowest BCUT2D eigenvalue weighted by Gasteiger charge is -2.06. The first kappa shape index (κ1) is 18.3. The molecule has 0 aliphatic carbocycles. The molecule has 0 aliphatic rings. The molecule has 2 nitrogen and oxygen atoms in total. The van der Waals surface area contributed by atoms with Crippen LogP contribution in [0, 0.1) is 0 Å². The van der Waals surface area contributed by atoms with E-state index in [9.17, 15) is 0 Å². The average Bonchev–Trinajstić information content (AvgIpc) is 2.47. The predicted octanol–water partition coefficient (Wildman–Crippen LogP) is 5.34. The molecule has 22 heavy (non-hydrogen) atoms. The standard InChI is InChI=1S/C18H16N2.2BrH/c19-17-5-1-3-15(11-17)13-7-9-14(10-8-13)16-4-2-6-18(20)12-16;;/h1-12H,19-20H2;2*1H. The van der Waals surface area contributed by atoms with E-state index >= 15 is 0 Å². The van der Waals surface area contributed by atoms with Crippen molar-refractivity contribution in [2.24, 2.45) is 0 Å². The van der Waals surface area contributed by atoms with Gasteiger partial charge in [-0.2, -0.15) is 0 Å². The molecular weight excluding hydrogens is 404 g/mol. The van der Waals surface area contributed by atoms with E-state index in [1.54, 1.807) is 0 Å². The summed E-state index contributed by atoms with van der Waals surface area (Å²) in [6.45, 7) is 0. The summed E-state index contributed by atoms with van der Waals surface area (Å²) in [4.78, 5) is 0. The summed E-state index contributed by atoms with van der Waals surface area (Å²) in [7, 11) is 0. The first-order valence-electron chi connectivity index (χ1n) is 6.54. The maximum atomic E-state index is 5.82. The molecule has 114 valence electrons. The highest BCUT2D eigenvalue weighted by atomic mass is 79.9. The number of rotatable bonds is 2. The zero-order chi connectivity index (χ0) is 13.9. The molecule has 0 atom stereocenters. The summed E-state index contributed by atoms with van der Waals surface area (Å²) in [5.74, 6) is 0. The van der Waals surface area contributed by atoms with Crippen LogP contribution in [-0.4, -0.2) is 0 Å². The highest BCUT2D eigenvalue weighted by Gasteiger charge is 2.01. The lowest BCUT2D eigenvalue weighted by molar-refractivity contribution is 1.58. The first-order valence-corrected chi connectivity index (χ1v) is 6.54. The Bertz CT molecular complexity index is 676. The Morgan fingerprint density at radius 2 is 0.818 bits per heavy atom. The molecule has 4 N–H and O–H groups in total. The second kappa shape index (κ2) is 8.01. The van der Waals surface area contributed by atoms with Gasteiger partial charge in [0.25, 0.3) is 0 Å². The van der Waals surface area contributed by atoms with E-state index in [1.165, 1.54) is 0 Å². The van der Waals surface area contributed by atoms with Gasteiger partial charge in [-0.15, -0.1) is 34.0 Å². The van der Waals surface area contributed by atoms with Crippen molar-refractivity contribution < 1.29 is 0 Å². The van der Waals surface area contributed by atoms with Crippen LogP contribution in [0.4, 0.5) is 11.4 Å². The number of anilines is 2. The minimum Gasteiger partial charge on any atom is -0.399 e. The van der Waals surface area contributed by atoms with Crippen molar-refractivity contribution in [2.45, 2.75) is 0 Å². The van der Waals surface area contributed by atoms with Gasteiger partial charge in [-0.25, -0.2) is 0 Å². The van der Waals surface area contributed by atoms with Crippen molar-refractivity contribution >= 4 is 45.3 Å². The van der Waals surface area contributed by atoms with Gasteiger partial charge in [0.2, 0.25) is 0 Å². The Labute approximate surface area is 151 Å². The van der Waals surface area contributed by atoms with Crippen LogP contribution >= 0.6 is 34.0 Å². The van der Waals surface area contributed by atoms with Crippen LogP contribution in [-0.2, 0) is 0 Å². The van der Waals surface area contributed by atoms with Gasteiger partial charge < -0.3 is 11.5 Å². The van der Waals surface area contributed by atoms with Gasteiger partial charge in [0.15, 0.2) is 0 Å². The fourth-order valence-electron chi connectivity index (χ4n) is 2.29. The molecule has 0 fully saturated rings. The minimum absolute atomic E-state index is 0. The topological polar surface area (TPSA) is 52.0 Å². The smallest absolute Gasteiger partial charge is 0.0320 e. The van der Waals surface area contributed by atoms with Crippen LogP contribution in [0.25, 0.3) is 22.3 Å². The van der Waals surface area contributed by atoms with Crippen LogP contribution in [0.1, 0.15) is 0 Å². The SMILES string of the molecule is Br.Br.Nc1cccc(-c2ccc(-c3cccc(N)c3)cc2)c1. The Hall–Kier alpha value is -1.78. The second-order valence-corrected chi connectivity index (χ2v) is 4.83. The van der Waals surface area contributed by atoms with Gasteiger partial charge in [0, 0.05) is 11.4 Å². The van der Waals surface area contributed by atoms with Crippen LogP contribution in [0.5, 0.6) is 0 Å². The molecule has 0 spiro atoms. The predicted molar refractivity (Wildman–Crippen MR) is 107 cm³/mol. The molecule has 0 amide bonds. The number of nitrogen functional groups attached to an aromatic ring is 2. The molecule has 0 aliphatic heterocycles. The van der Waals surface area contributed by atoms with Gasteiger partial charge in [-0.1, -0.05) is 48.5 Å². The van der Waals surface area contributed by atoms with Gasteiger partial charge in [-0.3, -0.25) is 0 Å². The number of hydrogen-bond acceptors (Lipinski definition) is 2. The quantitative estimate of drug-likeness (QED) is 0.548. The Balaban J connectivity index is 0.00000121. The van der Waals surface area contributed by atoms with E-state index in [0.29, 0.717) is 0 Å². The Morgan fingerprint density at radius 1 is 0.455 bits per heavy atom. The fraction of sp³-hybridized carbons (Fsp3) is 0. The van der Waals surface area contributed by atoms with Crippen molar-refractivity contribution in [3.8, 4) is 22.3 Å². The van der Waals surface area contributed by atoms with Gasteiger partial charge in [-0.05, 0) is 46.5 Å². The second-order valence-electron chi connectivity index (χ2n) is 4.83. The van der Waals surface area contributed by atoms with E-state index in [0.717, 1.165) is 33.6 Å². The minimum atomic E-state index is 0. The molecule has 4 heteroatoms. The molecule has 0 bridgehead atoms. The van der Waals surface area contributed by atoms with Gasteiger partial charge >= 0.3 is 0 Å². The molecule has 3 aromatic carbocycles. The number of nitrogens with two attached hydrogens (primary N) is 2. The van der Waals surface area contributed by atoms with E-state index in [1.807, 2.05) is 36.4 Å². The number of benzene rings is 3. The maximum Gasteiger partial charge on any atom is 0.0320 e.